The van der Waals surface area contributed by atoms with Gasteiger partial charge in [-0.2, -0.15) is 0 Å². The number of nitrogens with zero attached hydrogens (tertiary/aromatic N) is 1. The molecule has 124 valence electrons. The van der Waals surface area contributed by atoms with Crippen LogP contribution in [-0.4, -0.2) is 36.1 Å². The minimum absolute atomic E-state index is 0.0131. The quantitative estimate of drug-likeness (QED) is 0.765. The van der Waals surface area contributed by atoms with Crippen molar-refractivity contribution in [3.63, 3.8) is 0 Å². The van der Waals surface area contributed by atoms with Crippen molar-refractivity contribution in [2.24, 2.45) is 0 Å². The Labute approximate surface area is 146 Å². The Morgan fingerprint density at radius 2 is 2.09 bits per heavy atom. The van der Waals surface area contributed by atoms with E-state index in [-0.39, 0.29) is 11.7 Å². The van der Waals surface area contributed by atoms with Gasteiger partial charge in [-0.05, 0) is 37.0 Å². The number of halogens is 2. The molecule has 0 atom stereocenters. The topological polar surface area (TPSA) is 52.6 Å². The van der Waals surface area contributed by atoms with Gasteiger partial charge in [0, 0.05) is 13.6 Å². The van der Waals surface area contributed by atoms with Crippen LogP contribution < -0.4 is 5.32 Å². The molecule has 2 N–H and O–H groups in total. The van der Waals surface area contributed by atoms with Crippen molar-refractivity contribution in [1.29, 1.82) is 0 Å². The highest BCUT2D eigenvalue weighted by molar-refractivity contribution is 6.42. The molecule has 4 nitrogen and oxygen atoms in total. The molecule has 1 aliphatic rings. The number of aliphatic hydroxyl groups is 1. The summed E-state index contributed by atoms with van der Waals surface area (Å²) in [5.41, 5.74) is 1.98. The van der Waals surface area contributed by atoms with Crippen LogP contribution in [-0.2, 0) is 11.2 Å². The summed E-state index contributed by atoms with van der Waals surface area (Å²) in [7, 11) is 1.79. The number of nitrogens with one attached hydrogen (secondary N) is 1. The zero-order valence-corrected chi connectivity index (χ0v) is 14.5. The second kappa shape index (κ2) is 7.75. The molecule has 0 spiro atoms. The van der Waals surface area contributed by atoms with Crippen molar-refractivity contribution in [2.75, 3.05) is 20.1 Å². The number of unbranched alkanes of at least 4 members (excludes halogenated alkanes) is 1. The number of rotatable bonds is 6. The lowest BCUT2D eigenvalue weighted by Gasteiger charge is -2.11. The van der Waals surface area contributed by atoms with Crippen molar-refractivity contribution in [3.05, 3.63) is 57.4 Å². The van der Waals surface area contributed by atoms with Crippen molar-refractivity contribution >= 4 is 29.1 Å². The Balaban J connectivity index is 1.72. The summed E-state index contributed by atoms with van der Waals surface area (Å²) in [4.78, 5) is 13.8. The fourth-order valence-electron chi connectivity index (χ4n) is 2.40. The Morgan fingerprint density at radius 1 is 1.35 bits per heavy atom. The molecule has 0 aliphatic carbocycles. The summed E-state index contributed by atoms with van der Waals surface area (Å²) >= 11 is 11.9. The third-order valence-electron chi connectivity index (χ3n) is 3.85. The summed E-state index contributed by atoms with van der Waals surface area (Å²) in [5.74, 6) is -0.247. The zero-order valence-electron chi connectivity index (χ0n) is 13.0. The third-order valence-corrected chi connectivity index (χ3v) is 4.59. The van der Waals surface area contributed by atoms with Crippen LogP contribution in [0.4, 0.5) is 0 Å². The Hall–Kier alpha value is -1.65. The first-order valence-electron chi connectivity index (χ1n) is 7.44. The number of hydrogen-bond donors (Lipinski definition) is 2. The number of hydrogen-bond acceptors (Lipinski definition) is 3. The van der Waals surface area contributed by atoms with Gasteiger partial charge in [0.05, 0.1) is 27.9 Å². The first-order chi connectivity index (χ1) is 10.9. The van der Waals surface area contributed by atoms with Gasteiger partial charge in [0.15, 0.2) is 0 Å². The summed E-state index contributed by atoms with van der Waals surface area (Å²) < 4.78 is 0. The summed E-state index contributed by atoms with van der Waals surface area (Å²) in [6, 6.07) is 5.61. The molecule has 0 unspecified atom stereocenters. The van der Waals surface area contributed by atoms with Gasteiger partial charge < -0.3 is 15.3 Å². The lowest BCUT2D eigenvalue weighted by molar-refractivity contribution is -0.117. The molecule has 0 saturated carbocycles. The monoisotopic (exact) mass is 354 g/mol. The van der Waals surface area contributed by atoms with Crippen LogP contribution in [0, 0.1) is 0 Å². The number of benzene rings is 1. The molecular weight excluding hydrogens is 335 g/mol. The van der Waals surface area contributed by atoms with Crippen molar-refractivity contribution in [3.8, 4) is 0 Å². The van der Waals surface area contributed by atoms with E-state index in [0.29, 0.717) is 34.4 Å². The van der Waals surface area contributed by atoms with Crippen molar-refractivity contribution < 1.29 is 9.90 Å². The van der Waals surface area contributed by atoms with E-state index in [1.807, 2.05) is 12.1 Å². The molecule has 6 heteroatoms. The SMILES string of the molecule is C=C1C(O)=C(C(=O)NCCCCc2ccc(Cl)c(Cl)c2)CN1C. The van der Waals surface area contributed by atoms with E-state index in [2.05, 4.69) is 11.9 Å². The minimum Gasteiger partial charge on any atom is -0.505 e. The van der Waals surface area contributed by atoms with Gasteiger partial charge in [-0.3, -0.25) is 4.79 Å². The summed E-state index contributed by atoms with van der Waals surface area (Å²) in [6.45, 7) is 4.67. The smallest absolute Gasteiger partial charge is 0.252 e. The average Bonchev–Trinajstić information content (AvgIpc) is 2.78. The molecule has 1 aliphatic heterocycles. The maximum Gasteiger partial charge on any atom is 0.252 e. The van der Waals surface area contributed by atoms with Crippen LogP contribution in [0.15, 0.2) is 41.8 Å². The largest absolute Gasteiger partial charge is 0.505 e. The van der Waals surface area contributed by atoms with E-state index in [1.54, 1.807) is 18.0 Å². The molecule has 1 amide bonds. The molecule has 1 heterocycles. The predicted octanol–water partition coefficient (Wildman–Crippen LogP) is 3.70. The highest BCUT2D eigenvalue weighted by atomic mass is 35.5. The van der Waals surface area contributed by atoms with E-state index in [4.69, 9.17) is 23.2 Å². The van der Waals surface area contributed by atoms with Gasteiger partial charge in [-0.15, -0.1) is 0 Å². The van der Waals surface area contributed by atoms with Crippen LogP contribution in [0.2, 0.25) is 10.0 Å². The molecule has 0 fully saturated rings. The van der Waals surface area contributed by atoms with Gasteiger partial charge in [0.25, 0.3) is 5.91 Å². The van der Waals surface area contributed by atoms with Crippen LogP contribution in [0.1, 0.15) is 18.4 Å². The molecule has 0 saturated heterocycles. The normalized spacial score (nSPS) is 14.6. The molecule has 0 radical (unpaired) electrons. The second-order valence-corrected chi connectivity index (χ2v) is 6.41. The predicted molar refractivity (Wildman–Crippen MR) is 93.8 cm³/mol. The first kappa shape index (κ1) is 17.7. The number of aryl methyl sites for hydroxylation is 1. The maximum atomic E-state index is 12.0. The van der Waals surface area contributed by atoms with Gasteiger partial charge in [0.1, 0.15) is 5.76 Å². The van der Waals surface area contributed by atoms with Crippen LogP contribution in [0.25, 0.3) is 0 Å². The highest BCUT2D eigenvalue weighted by Crippen LogP contribution is 2.24. The molecular formula is C17H20Cl2N2O2. The number of amides is 1. The molecule has 2 rings (SSSR count). The highest BCUT2D eigenvalue weighted by Gasteiger charge is 2.26. The van der Waals surface area contributed by atoms with Gasteiger partial charge in [-0.25, -0.2) is 0 Å². The van der Waals surface area contributed by atoms with Crippen LogP contribution in [0.5, 0.6) is 0 Å². The van der Waals surface area contributed by atoms with E-state index >= 15 is 0 Å². The zero-order chi connectivity index (χ0) is 17.0. The third kappa shape index (κ3) is 4.43. The van der Waals surface area contributed by atoms with Crippen LogP contribution in [0.3, 0.4) is 0 Å². The standard InChI is InChI=1S/C17H20Cl2N2O2/c1-11-16(22)13(10-21(11)2)17(23)20-8-4-3-5-12-6-7-14(18)15(19)9-12/h6-7,9,22H,1,3-5,8,10H2,2H3,(H,20,23). The fourth-order valence-corrected chi connectivity index (χ4v) is 2.72. The lowest BCUT2D eigenvalue weighted by Crippen LogP contribution is -2.28. The van der Waals surface area contributed by atoms with E-state index in [9.17, 15) is 9.90 Å². The minimum atomic E-state index is -0.234. The molecule has 1 aromatic rings. The van der Waals surface area contributed by atoms with Gasteiger partial charge in [0.2, 0.25) is 0 Å². The number of carbonyl (C=O) groups is 1. The van der Waals surface area contributed by atoms with Gasteiger partial charge in [-0.1, -0.05) is 35.8 Å². The van der Waals surface area contributed by atoms with E-state index in [0.717, 1.165) is 24.8 Å². The summed E-state index contributed by atoms with van der Waals surface area (Å²) in [5, 5.41) is 13.8. The molecule has 23 heavy (non-hydrogen) atoms. The Morgan fingerprint density at radius 3 is 2.70 bits per heavy atom. The van der Waals surface area contributed by atoms with Gasteiger partial charge >= 0.3 is 0 Å². The number of likely N-dealkylation sites (N-methyl/N-ethyl adjacent to an activating group) is 1. The fraction of sp³-hybridized carbons (Fsp3) is 0.353. The number of aliphatic hydroxyl groups excluding tert-OH is 1. The van der Waals surface area contributed by atoms with Crippen molar-refractivity contribution in [1.82, 2.24) is 10.2 Å². The molecule has 1 aromatic carbocycles. The lowest BCUT2D eigenvalue weighted by atomic mass is 10.1. The van der Waals surface area contributed by atoms with E-state index in [1.165, 1.54) is 0 Å². The maximum absolute atomic E-state index is 12.0. The number of carbonyl (C=O) groups excluding carboxylic acids is 1. The second-order valence-electron chi connectivity index (χ2n) is 5.59. The average molecular weight is 355 g/mol. The van der Waals surface area contributed by atoms with E-state index < -0.39 is 0 Å². The van der Waals surface area contributed by atoms with Crippen LogP contribution >= 0.6 is 23.2 Å². The summed E-state index contributed by atoms with van der Waals surface area (Å²) in [6.07, 6.45) is 2.65. The Kier molecular flexibility index (Phi) is 5.97. The molecule has 0 aromatic heterocycles. The van der Waals surface area contributed by atoms with Crippen molar-refractivity contribution in [2.45, 2.75) is 19.3 Å². The Bertz CT molecular complexity index is 656. The molecule has 0 bridgehead atoms. The first-order valence-corrected chi connectivity index (χ1v) is 8.20.